The van der Waals surface area contributed by atoms with E-state index in [4.69, 9.17) is 2.69 Å². The van der Waals surface area contributed by atoms with E-state index in [0.29, 0.717) is 5.56 Å². The second kappa shape index (κ2) is 4.42. The Morgan fingerprint density at radius 3 is 2.29 bits per heavy atom. The zero-order valence-electron chi connectivity index (χ0n) is 9.13. The molecule has 0 radical (unpaired) electrons. The molecule has 2 nitrogen and oxygen atoms in total. The van der Waals surface area contributed by atoms with E-state index < -0.39 is 21.6 Å². The van der Waals surface area contributed by atoms with Crippen LogP contribution < -0.4 is 0 Å². The van der Waals surface area contributed by atoms with Gasteiger partial charge in [-0.1, -0.05) is 0 Å². The Labute approximate surface area is 90.6 Å². The SMILES string of the molecule is Cc1ccccc1C(=O)[O][Pb]([CH3])([CH3])[CH3]. The first-order chi connectivity index (χ1) is 6.40. The van der Waals surface area contributed by atoms with Gasteiger partial charge in [0.2, 0.25) is 0 Å². The molecule has 0 aliphatic heterocycles. The van der Waals surface area contributed by atoms with Crippen LogP contribution >= 0.6 is 0 Å². The molecule has 0 fully saturated rings. The third kappa shape index (κ3) is 3.40. The number of hydrogen-bond donors (Lipinski definition) is 0. The summed E-state index contributed by atoms with van der Waals surface area (Å²) in [6.45, 7) is 1.93. The molecule has 3 heteroatoms. The Kier molecular flexibility index (Phi) is 3.69. The molecule has 0 N–H and O–H groups in total. The number of carbonyl (C=O) groups is 1. The van der Waals surface area contributed by atoms with Gasteiger partial charge in [0.1, 0.15) is 0 Å². The van der Waals surface area contributed by atoms with Crippen molar-refractivity contribution in [1.29, 1.82) is 0 Å². The fourth-order valence-corrected chi connectivity index (χ4v) is 3.72. The summed E-state index contributed by atoms with van der Waals surface area (Å²) < 4.78 is 11.7. The van der Waals surface area contributed by atoms with Gasteiger partial charge in [0.15, 0.2) is 0 Å². The maximum absolute atomic E-state index is 11.7. The van der Waals surface area contributed by atoms with Crippen LogP contribution in [0.15, 0.2) is 24.3 Å². The van der Waals surface area contributed by atoms with E-state index in [2.05, 4.69) is 13.4 Å². The van der Waals surface area contributed by atoms with Crippen LogP contribution in [0, 0.1) is 6.92 Å². The van der Waals surface area contributed by atoms with E-state index in [1.807, 2.05) is 31.2 Å². The van der Waals surface area contributed by atoms with Gasteiger partial charge in [-0.15, -0.1) is 0 Å². The molecular formula is C11H16O2Pb. The minimum atomic E-state index is -2.58. The molecule has 0 bridgehead atoms. The zero-order chi connectivity index (χ0) is 10.8. The van der Waals surface area contributed by atoms with Crippen LogP contribution in [-0.4, -0.2) is 27.6 Å². The van der Waals surface area contributed by atoms with Crippen LogP contribution in [0.4, 0.5) is 0 Å². The van der Waals surface area contributed by atoms with Crippen molar-refractivity contribution >= 4 is 27.6 Å². The van der Waals surface area contributed by atoms with Gasteiger partial charge >= 0.3 is 90.8 Å². The number of aryl methyl sites for hydroxylation is 1. The first-order valence-electron chi connectivity index (χ1n) is 4.69. The van der Waals surface area contributed by atoms with Crippen molar-refractivity contribution in [2.75, 3.05) is 0 Å². The summed E-state index contributed by atoms with van der Waals surface area (Å²) in [4.78, 5) is 11.7. The van der Waals surface area contributed by atoms with Gasteiger partial charge in [-0.3, -0.25) is 0 Å². The first-order valence-corrected chi connectivity index (χ1v) is 17.9. The second-order valence-corrected chi connectivity index (χ2v) is 21.5. The van der Waals surface area contributed by atoms with Crippen LogP contribution in [0.3, 0.4) is 0 Å². The van der Waals surface area contributed by atoms with E-state index >= 15 is 0 Å². The fraction of sp³-hybridized carbons (Fsp3) is 0.364. The van der Waals surface area contributed by atoms with Gasteiger partial charge in [0.25, 0.3) is 0 Å². The van der Waals surface area contributed by atoms with Gasteiger partial charge in [-0.05, 0) is 0 Å². The average Bonchev–Trinajstić information content (AvgIpc) is 2.01. The van der Waals surface area contributed by atoms with Crippen molar-refractivity contribution in [1.82, 2.24) is 0 Å². The standard InChI is InChI=1S/C8H8O2.3CH3.Pb/c1-6-4-2-3-5-7(6)8(9)10;;;;/h2-5H,1H3,(H,9,10);3*1H3;/q;;;;+1/p-1. The first kappa shape index (κ1) is 11.7. The molecule has 76 valence electrons. The molecule has 0 saturated heterocycles. The molecule has 1 aromatic rings. The van der Waals surface area contributed by atoms with Crippen LogP contribution in [0.25, 0.3) is 0 Å². The van der Waals surface area contributed by atoms with Gasteiger partial charge in [-0.25, -0.2) is 0 Å². The van der Waals surface area contributed by atoms with Gasteiger partial charge in [-0.2, -0.15) is 0 Å². The Balaban J connectivity index is 2.86. The van der Waals surface area contributed by atoms with E-state index in [9.17, 15) is 4.79 Å². The molecule has 0 aliphatic carbocycles. The number of benzene rings is 1. The van der Waals surface area contributed by atoms with E-state index in [-0.39, 0.29) is 5.97 Å². The molecule has 0 spiro atoms. The fourth-order valence-electron chi connectivity index (χ4n) is 1.13. The molecule has 0 aromatic heterocycles. The maximum atomic E-state index is 11.7. The predicted octanol–water partition coefficient (Wildman–Crippen LogP) is 2.99. The molecular weight excluding hydrogens is 371 g/mol. The summed E-state index contributed by atoms with van der Waals surface area (Å²) >= 11 is -2.58. The third-order valence-electron chi connectivity index (χ3n) is 1.76. The zero-order valence-corrected chi connectivity index (χ0v) is 13.0. The Bertz CT molecular complexity index is 339. The van der Waals surface area contributed by atoms with Crippen LogP contribution in [0.1, 0.15) is 15.9 Å². The van der Waals surface area contributed by atoms with Crippen molar-refractivity contribution in [2.24, 2.45) is 0 Å². The van der Waals surface area contributed by atoms with Crippen molar-refractivity contribution in [3.8, 4) is 0 Å². The molecule has 1 aromatic carbocycles. The summed E-state index contributed by atoms with van der Waals surface area (Å²) in [6.07, 6.45) is 0. The van der Waals surface area contributed by atoms with E-state index in [0.717, 1.165) is 5.56 Å². The van der Waals surface area contributed by atoms with E-state index in [1.54, 1.807) is 0 Å². The van der Waals surface area contributed by atoms with Crippen LogP contribution in [0.5, 0.6) is 0 Å². The van der Waals surface area contributed by atoms with Crippen molar-refractivity contribution in [3.63, 3.8) is 0 Å². The summed E-state index contributed by atoms with van der Waals surface area (Å²) in [6, 6.07) is 7.53. The number of hydrogen-bond acceptors (Lipinski definition) is 2. The topological polar surface area (TPSA) is 26.3 Å². The molecule has 0 heterocycles. The predicted molar refractivity (Wildman–Crippen MR) is 59.9 cm³/mol. The van der Waals surface area contributed by atoms with E-state index in [1.165, 1.54) is 0 Å². The van der Waals surface area contributed by atoms with Gasteiger partial charge in [0.05, 0.1) is 0 Å². The Hall–Kier alpha value is -0.388. The molecule has 0 amide bonds. The Morgan fingerprint density at radius 2 is 1.79 bits per heavy atom. The normalized spacial score (nSPS) is 11.1. The Morgan fingerprint density at radius 1 is 1.21 bits per heavy atom. The van der Waals surface area contributed by atoms with Crippen molar-refractivity contribution in [2.45, 2.75) is 20.4 Å². The number of rotatable bonds is 2. The van der Waals surface area contributed by atoms with Gasteiger partial charge < -0.3 is 0 Å². The monoisotopic (exact) mass is 388 g/mol. The number of carbonyl (C=O) groups excluding carboxylic acids is 1. The summed E-state index contributed by atoms with van der Waals surface area (Å²) in [5.74, 6) is -0.155. The van der Waals surface area contributed by atoms with Gasteiger partial charge in [0, 0.05) is 0 Å². The van der Waals surface area contributed by atoms with Crippen molar-refractivity contribution in [3.05, 3.63) is 35.4 Å². The molecule has 14 heavy (non-hydrogen) atoms. The third-order valence-corrected chi connectivity index (χ3v) is 4.87. The quantitative estimate of drug-likeness (QED) is 0.730. The molecule has 0 atom stereocenters. The second-order valence-electron chi connectivity index (χ2n) is 4.32. The molecule has 0 aliphatic rings. The molecule has 1 rings (SSSR count). The minimum absolute atomic E-state index is 0.155. The summed E-state index contributed by atoms with van der Waals surface area (Å²) in [5, 5.41) is 0. The van der Waals surface area contributed by atoms with Crippen molar-refractivity contribution < 1.29 is 7.48 Å². The summed E-state index contributed by atoms with van der Waals surface area (Å²) in [7, 11) is 0. The average molecular weight is 387 g/mol. The summed E-state index contributed by atoms with van der Waals surface area (Å²) in [5.41, 5.74) is 1.68. The molecule has 0 unspecified atom stereocenters. The molecule has 0 saturated carbocycles. The van der Waals surface area contributed by atoms with Crippen LogP contribution in [0.2, 0.25) is 13.4 Å². The van der Waals surface area contributed by atoms with Crippen LogP contribution in [-0.2, 0) is 2.69 Å².